The van der Waals surface area contributed by atoms with E-state index in [-0.39, 0.29) is 0 Å². The van der Waals surface area contributed by atoms with Gasteiger partial charge in [-0.1, -0.05) is 109 Å². The van der Waals surface area contributed by atoms with Crippen LogP contribution < -0.4 is 0 Å². The number of hydrogen-bond acceptors (Lipinski definition) is 6. The molecule has 0 radical (unpaired) electrons. The number of benzene rings is 7. The highest BCUT2D eigenvalue weighted by Crippen LogP contribution is 2.44. The molecular weight excluding hydrogens is 647 g/mol. The first-order valence-corrected chi connectivity index (χ1v) is 17.7. The number of furan rings is 2. The van der Waals surface area contributed by atoms with E-state index >= 15 is 0 Å². The average molecular weight is 672 g/mol. The summed E-state index contributed by atoms with van der Waals surface area (Å²) in [7, 11) is 0. The zero-order valence-corrected chi connectivity index (χ0v) is 27.8. The van der Waals surface area contributed by atoms with Crippen molar-refractivity contribution in [1.29, 1.82) is 0 Å². The number of aromatic nitrogens is 3. The number of para-hydroxylation sites is 3. The largest absolute Gasteiger partial charge is 0.455 e. The Kier molecular flexibility index (Phi) is 6.05. The minimum atomic E-state index is 0.555. The van der Waals surface area contributed by atoms with Crippen molar-refractivity contribution >= 4 is 75.4 Å². The number of fused-ring (bicyclic) bond motifs is 9. The lowest BCUT2D eigenvalue weighted by Gasteiger charge is -2.09. The van der Waals surface area contributed by atoms with Crippen LogP contribution in [0.3, 0.4) is 0 Å². The molecule has 0 saturated heterocycles. The molecule has 0 atom stereocenters. The third kappa shape index (κ3) is 4.37. The molecule has 0 N–H and O–H groups in total. The summed E-state index contributed by atoms with van der Waals surface area (Å²) in [5, 5.41) is 6.64. The van der Waals surface area contributed by atoms with E-state index in [1.807, 2.05) is 66.7 Å². The smallest absolute Gasteiger partial charge is 0.167 e. The van der Waals surface area contributed by atoms with Crippen LogP contribution >= 0.6 is 11.3 Å². The molecule has 0 bridgehead atoms. The molecule has 238 valence electrons. The highest BCUT2D eigenvalue weighted by Gasteiger charge is 2.21. The third-order valence-electron chi connectivity index (χ3n) is 9.76. The second-order valence-electron chi connectivity index (χ2n) is 12.7. The minimum Gasteiger partial charge on any atom is -0.455 e. The summed E-state index contributed by atoms with van der Waals surface area (Å²) in [6.07, 6.45) is 0. The molecule has 0 aliphatic rings. The van der Waals surface area contributed by atoms with Gasteiger partial charge in [0.25, 0.3) is 0 Å². The molecule has 6 heteroatoms. The third-order valence-corrected chi connectivity index (χ3v) is 10.9. The predicted octanol–water partition coefficient (Wildman–Crippen LogP) is 12.7. The molecule has 4 heterocycles. The van der Waals surface area contributed by atoms with Gasteiger partial charge in [0.2, 0.25) is 0 Å². The van der Waals surface area contributed by atoms with Gasteiger partial charge in [0.1, 0.15) is 22.3 Å². The van der Waals surface area contributed by atoms with Crippen molar-refractivity contribution in [2.45, 2.75) is 0 Å². The van der Waals surface area contributed by atoms with Gasteiger partial charge < -0.3 is 8.83 Å². The SMILES string of the molecule is c1ccc(-c2nc(-c3ccc4sc5ccccc5c4c3)nc(-c3cccc4c3oc3cccc(-c5cccc6c5oc5ccccc56)c34)n2)cc1. The minimum absolute atomic E-state index is 0.555. The first kappa shape index (κ1) is 28.2. The van der Waals surface area contributed by atoms with Crippen LogP contribution in [0, 0.1) is 0 Å². The van der Waals surface area contributed by atoms with E-state index < -0.39 is 0 Å². The van der Waals surface area contributed by atoms with E-state index in [9.17, 15) is 0 Å². The Morgan fingerprint density at radius 1 is 0.373 bits per heavy atom. The van der Waals surface area contributed by atoms with Crippen molar-refractivity contribution < 1.29 is 8.83 Å². The highest BCUT2D eigenvalue weighted by atomic mass is 32.1. The van der Waals surface area contributed by atoms with E-state index in [1.165, 1.54) is 20.2 Å². The summed E-state index contributed by atoms with van der Waals surface area (Å²) < 4.78 is 15.7. The van der Waals surface area contributed by atoms with E-state index in [4.69, 9.17) is 23.8 Å². The van der Waals surface area contributed by atoms with Crippen molar-refractivity contribution in [3.63, 3.8) is 0 Å². The van der Waals surface area contributed by atoms with Crippen LogP contribution in [0.2, 0.25) is 0 Å². The van der Waals surface area contributed by atoms with Crippen molar-refractivity contribution in [2.24, 2.45) is 0 Å². The summed E-state index contributed by atoms with van der Waals surface area (Å²) >= 11 is 1.80. The maximum Gasteiger partial charge on any atom is 0.167 e. The molecule has 5 nitrogen and oxygen atoms in total. The van der Waals surface area contributed by atoms with Gasteiger partial charge >= 0.3 is 0 Å². The van der Waals surface area contributed by atoms with Crippen molar-refractivity contribution in [3.05, 3.63) is 152 Å². The molecule has 51 heavy (non-hydrogen) atoms. The van der Waals surface area contributed by atoms with Gasteiger partial charge in [-0.15, -0.1) is 11.3 Å². The Morgan fingerprint density at radius 3 is 1.88 bits per heavy atom. The number of thiophene rings is 1. The summed E-state index contributed by atoms with van der Waals surface area (Å²) in [6, 6.07) is 52.0. The molecule has 0 aliphatic carbocycles. The van der Waals surface area contributed by atoms with Gasteiger partial charge in [-0.3, -0.25) is 0 Å². The van der Waals surface area contributed by atoms with Crippen LogP contribution in [0.15, 0.2) is 160 Å². The topological polar surface area (TPSA) is 65.0 Å². The lowest BCUT2D eigenvalue weighted by Crippen LogP contribution is -2.00. The maximum absolute atomic E-state index is 6.73. The van der Waals surface area contributed by atoms with Gasteiger partial charge in [-0.2, -0.15) is 0 Å². The standard InChI is InChI=1S/C45H25N3O2S/c1-2-11-26(12-3-1)43-46-44(27-23-24-39-35(25-27)29-14-5-7-22-38(29)51-39)48-45(47-43)34-19-9-18-33-40-30(15-10-21-37(40)50-42(33)34)32-17-8-16-31-28-13-4-6-20-36(28)49-41(31)32/h1-25H. The Labute approximate surface area is 295 Å². The molecular formula is C45H25N3O2S. The fraction of sp³-hybridized carbons (Fsp3) is 0. The van der Waals surface area contributed by atoms with Gasteiger partial charge in [-0.05, 0) is 48.0 Å². The molecule has 7 aromatic carbocycles. The molecule has 0 amide bonds. The number of rotatable bonds is 4. The van der Waals surface area contributed by atoms with E-state index in [1.54, 1.807) is 11.3 Å². The van der Waals surface area contributed by atoms with Crippen molar-refractivity contribution in [2.75, 3.05) is 0 Å². The normalized spacial score (nSPS) is 11.9. The van der Waals surface area contributed by atoms with E-state index in [0.29, 0.717) is 17.5 Å². The van der Waals surface area contributed by atoms with E-state index in [2.05, 4.69) is 84.9 Å². The van der Waals surface area contributed by atoms with Gasteiger partial charge in [0.15, 0.2) is 17.5 Å². The molecule has 11 aromatic rings. The first-order chi connectivity index (χ1) is 25.3. The van der Waals surface area contributed by atoms with Gasteiger partial charge in [0.05, 0.1) is 5.56 Å². The summed E-state index contributed by atoms with van der Waals surface area (Å²) in [5.74, 6) is 1.78. The van der Waals surface area contributed by atoms with Crippen LogP contribution in [-0.4, -0.2) is 15.0 Å². The van der Waals surface area contributed by atoms with Crippen molar-refractivity contribution in [3.8, 4) is 45.3 Å². The van der Waals surface area contributed by atoms with E-state index in [0.717, 1.165) is 71.7 Å². The maximum atomic E-state index is 6.73. The Balaban J connectivity index is 1.14. The highest BCUT2D eigenvalue weighted by molar-refractivity contribution is 7.25. The van der Waals surface area contributed by atoms with Crippen molar-refractivity contribution in [1.82, 2.24) is 15.0 Å². The fourth-order valence-corrected chi connectivity index (χ4v) is 8.50. The molecule has 0 spiro atoms. The quantitative estimate of drug-likeness (QED) is 0.186. The summed E-state index contributed by atoms with van der Waals surface area (Å²) in [5.41, 5.74) is 7.98. The predicted molar refractivity (Wildman–Crippen MR) is 209 cm³/mol. The monoisotopic (exact) mass is 671 g/mol. The first-order valence-electron chi connectivity index (χ1n) is 16.9. The molecule has 4 aromatic heterocycles. The second-order valence-corrected chi connectivity index (χ2v) is 13.8. The lowest BCUT2D eigenvalue weighted by molar-refractivity contribution is 0.669. The summed E-state index contributed by atoms with van der Waals surface area (Å²) in [4.78, 5) is 15.2. The van der Waals surface area contributed by atoms with Crippen LogP contribution in [0.4, 0.5) is 0 Å². The van der Waals surface area contributed by atoms with Crippen LogP contribution in [0.5, 0.6) is 0 Å². The molecule has 0 unspecified atom stereocenters. The average Bonchev–Trinajstić information content (AvgIpc) is 3.89. The molecule has 0 saturated carbocycles. The van der Waals surface area contributed by atoms with Gasteiger partial charge in [0, 0.05) is 58.4 Å². The zero-order chi connectivity index (χ0) is 33.5. The molecule has 0 fully saturated rings. The molecule has 0 aliphatic heterocycles. The Hall–Kier alpha value is -6.63. The lowest BCUT2D eigenvalue weighted by atomic mass is 9.97. The van der Waals surface area contributed by atoms with Crippen LogP contribution in [-0.2, 0) is 0 Å². The zero-order valence-electron chi connectivity index (χ0n) is 27.0. The van der Waals surface area contributed by atoms with Crippen LogP contribution in [0.1, 0.15) is 0 Å². The second kappa shape index (κ2) is 10.9. The fourth-order valence-electron chi connectivity index (χ4n) is 7.41. The number of hydrogen-bond donors (Lipinski definition) is 0. The molecule has 11 rings (SSSR count). The summed E-state index contributed by atoms with van der Waals surface area (Å²) in [6.45, 7) is 0. The Bertz CT molecular complexity index is 3160. The Morgan fingerprint density at radius 2 is 0.980 bits per heavy atom. The van der Waals surface area contributed by atoms with Gasteiger partial charge in [-0.25, -0.2) is 15.0 Å². The van der Waals surface area contributed by atoms with Crippen LogP contribution in [0.25, 0.3) is 109 Å². The number of nitrogens with zero attached hydrogens (tertiary/aromatic N) is 3.